The minimum Gasteiger partial charge on any atom is -0.394 e. The predicted molar refractivity (Wildman–Crippen MR) is 132 cm³/mol. The standard InChI is InChI=1S/C24H42O20/c1-5-9(28)13(32)16(35)22(38-5)44-20-18(12(31)8(4-27)39-21(20)37)42-24-19(15(34)11(30)7(3-26)41-24)43-23-17(36)14(33)10(29)6(2-25)40-23/h5-37H,2-4H2,1H3/t5-,6+,7+,8+,9-,10+,11+,12-,13+,14-,15-,16+,17+,18-,19+,20+,21+,22-,23-,24-/m0/s1. The van der Waals surface area contributed by atoms with Gasteiger partial charge >= 0.3 is 0 Å². The van der Waals surface area contributed by atoms with E-state index in [2.05, 4.69) is 0 Å². The van der Waals surface area contributed by atoms with Gasteiger partial charge in [0.15, 0.2) is 25.2 Å². The molecule has 0 saturated carbocycles. The van der Waals surface area contributed by atoms with Crippen LogP contribution in [0.15, 0.2) is 0 Å². The first-order chi connectivity index (χ1) is 20.7. The van der Waals surface area contributed by atoms with Crippen LogP contribution in [0.1, 0.15) is 6.92 Å². The maximum absolute atomic E-state index is 11.0. The minimum absolute atomic E-state index is 0.823. The second kappa shape index (κ2) is 15.0. The molecule has 4 heterocycles. The molecule has 44 heavy (non-hydrogen) atoms. The van der Waals surface area contributed by atoms with Gasteiger partial charge in [-0.3, -0.25) is 0 Å². The van der Waals surface area contributed by atoms with E-state index in [-0.39, 0.29) is 0 Å². The molecular weight excluding hydrogens is 608 g/mol. The van der Waals surface area contributed by atoms with Gasteiger partial charge in [-0.05, 0) is 6.92 Å². The molecule has 0 radical (unpaired) electrons. The van der Waals surface area contributed by atoms with Gasteiger partial charge in [-0.15, -0.1) is 0 Å². The van der Waals surface area contributed by atoms with Crippen molar-refractivity contribution in [2.24, 2.45) is 0 Å². The molecule has 4 fully saturated rings. The number of ether oxygens (including phenoxy) is 7. The van der Waals surface area contributed by atoms with Crippen molar-refractivity contribution in [1.82, 2.24) is 0 Å². The van der Waals surface area contributed by atoms with Crippen molar-refractivity contribution in [3.05, 3.63) is 0 Å². The summed E-state index contributed by atoms with van der Waals surface area (Å²) in [5.41, 5.74) is 0. The van der Waals surface area contributed by atoms with E-state index in [1.165, 1.54) is 6.92 Å². The Kier molecular flexibility index (Phi) is 12.3. The lowest BCUT2D eigenvalue weighted by molar-refractivity contribution is -0.401. The van der Waals surface area contributed by atoms with Gasteiger partial charge in [-0.25, -0.2) is 0 Å². The zero-order valence-corrected chi connectivity index (χ0v) is 23.3. The van der Waals surface area contributed by atoms with Crippen LogP contribution in [-0.2, 0) is 33.2 Å². The summed E-state index contributed by atoms with van der Waals surface area (Å²) in [6, 6.07) is 0. The van der Waals surface area contributed by atoms with Crippen molar-refractivity contribution in [2.45, 2.75) is 130 Å². The van der Waals surface area contributed by atoms with Crippen LogP contribution in [-0.4, -0.2) is 209 Å². The van der Waals surface area contributed by atoms with Crippen molar-refractivity contribution in [3.8, 4) is 0 Å². The Morgan fingerprint density at radius 3 is 1.41 bits per heavy atom. The Morgan fingerprint density at radius 1 is 0.409 bits per heavy atom. The lowest BCUT2D eigenvalue weighted by Crippen LogP contribution is -2.68. The first kappa shape index (κ1) is 36.0. The molecule has 0 aliphatic carbocycles. The molecule has 20 atom stereocenters. The van der Waals surface area contributed by atoms with Crippen molar-refractivity contribution < 1.29 is 99.5 Å². The van der Waals surface area contributed by atoms with Crippen LogP contribution in [0.4, 0.5) is 0 Å². The quantitative estimate of drug-likeness (QED) is 0.110. The summed E-state index contributed by atoms with van der Waals surface area (Å²) in [7, 11) is 0. The second-order valence-corrected chi connectivity index (χ2v) is 11.1. The molecular formula is C24H42O20. The minimum atomic E-state index is -2.01. The van der Waals surface area contributed by atoms with Crippen LogP contribution in [0.3, 0.4) is 0 Å². The molecule has 0 aromatic rings. The van der Waals surface area contributed by atoms with Gasteiger partial charge in [-0.2, -0.15) is 0 Å². The maximum atomic E-state index is 11.0. The molecule has 0 amide bonds. The smallest absolute Gasteiger partial charge is 0.187 e. The van der Waals surface area contributed by atoms with E-state index in [1.54, 1.807) is 0 Å². The molecule has 20 nitrogen and oxygen atoms in total. The normalized spacial score (nSPS) is 53.9. The number of hydrogen-bond acceptors (Lipinski definition) is 20. The molecule has 0 spiro atoms. The van der Waals surface area contributed by atoms with Gasteiger partial charge in [0.25, 0.3) is 0 Å². The summed E-state index contributed by atoms with van der Waals surface area (Å²) in [6.07, 6.45) is -35.0. The Labute approximate surface area is 249 Å². The van der Waals surface area contributed by atoms with Gasteiger partial charge in [0, 0.05) is 0 Å². The highest BCUT2D eigenvalue weighted by Gasteiger charge is 2.55. The van der Waals surface area contributed by atoms with Gasteiger partial charge in [0.05, 0.1) is 25.9 Å². The largest absolute Gasteiger partial charge is 0.394 e. The lowest BCUT2D eigenvalue weighted by Gasteiger charge is -2.49. The van der Waals surface area contributed by atoms with E-state index in [1.807, 2.05) is 0 Å². The molecule has 20 heteroatoms. The summed E-state index contributed by atoms with van der Waals surface area (Å²) in [6.45, 7) is -1.20. The van der Waals surface area contributed by atoms with E-state index in [4.69, 9.17) is 33.2 Å². The summed E-state index contributed by atoms with van der Waals surface area (Å²) in [5.74, 6) is 0. The van der Waals surface area contributed by atoms with E-state index >= 15 is 0 Å². The molecule has 13 N–H and O–H groups in total. The predicted octanol–water partition coefficient (Wildman–Crippen LogP) is -8.72. The third kappa shape index (κ3) is 7.05. The lowest BCUT2D eigenvalue weighted by atomic mass is 9.95. The Balaban J connectivity index is 1.62. The molecule has 0 unspecified atom stereocenters. The fourth-order valence-electron chi connectivity index (χ4n) is 5.44. The third-order valence-electron chi connectivity index (χ3n) is 8.17. The average molecular weight is 651 g/mol. The molecule has 4 saturated heterocycles. The Morgan fingerprint density at radius 2 is 0.841 bits per heavy atom. The van der Waals surface area contributed by atoms with Crippen LogP contribution >= 0.6 is 0 Å². The fourth-order valence-corrected chi connectivity index (χ4v) is 5.44. The van der Waals surface area contributed by atoms with Gasteiger partial charge in [0.2, 0.25) is 0 Å². The Bertz CT molecular complexity index is 900. The highest BCUT2D eigenvalue weighted by molar-refractivity contribution is 4.97. The second-order valence-electron chi connectivity index (χ2n) is 11.1. The molecule has 0 aromatic carbocycles. The SMILES string of the molecule is C[C@@H]1O[C@@H](O[C@@H]2[C@@H](O[C@@H]3O[C@H](CO)[C@@H](O)[C@H](O)[C@H]3O[C@@H]3O[C@H](CO)[C@@H](O)[C@H](O)[C@H]3O)[C@@H](O)[C@@H](CO)O[C@H]2O)[C@H](O)[C@H](O)[C@H]1O. The molecule has 4 aliphatic heterocycles. The zero-order chi connectivity index (χ0) is 32.6. The number of hydrogen-bond donors (Lipinski definition) is 13. The summed E-state index contributed by atoms with van der Waals surface area (Å²) < 4.78 is 38.5. The van der Waals surface area contributed by atoms with E-state index in [0.29, 0.717) is 0 Å². The van der Waals surface area contributed by atoms with E-state index in [9.17, 15) is 66.4 Å². The van der Waals surface area contributed by atoms with Gasteiger partial charge in [-0.1, -0.05) is 0 Å². The molecule has 0 bridgehead atoms. The van der Waals surface area contributed by atoms with Crippen molar-refractivity contribution in [3.63, 3.8) is 0 Å². The highest BCUT2D eigenvalue weighted by Crippen LogP contribution is 2.35. The average Bonchev–Trinajstić information content (AvgIpc) is 3.01. The monoisotopic (exact) mass is 650 g/mol. The number of aliphatic hydroxyl groups excluding tert-OH is 13. The first-order valence-electron chi connectivity index (χ1n) is 14.0. The summed E-state index contributed by atoms with van der Waals surface area (Å²) >= 11 is 0. The maximum Gasteiger partial charge on any atom is 0.187 e. The fraction of sp³-hybridized carbons (Fsp3) is 1.00. The van der Waals surface area contributed by atoms with Crippen molar-refractivity contribution in [1.29, 1.82) is 0 Å². The van der Waals surface area contributed by atoms with Crippen LogP contribution < -0.4 is 0 Å². The molecule has 4 rings (SSSR count). The summed E-state index contributed by atoms with van der Waals surface area (Å²) in [4.78, 5) is 0. The van der Waals surface area contributed by atoms with Crippen LogP contribution in [0, 0.1) is 0 Å². The Hall–Kier alpha value is -0.800. The molecule has 258 valence electrons. The molecule has 4 aliphatic rings. The molecule has 0 aromatic heterocycles. The third-order valence-corrected chi connectivity index (χ3v) is 8.17. The zero-order valence-electron chi connectivity index (χ0n) is 23.3. The summed E-state index contributed by atoms with van der Waals surface area (Å²) in [5, 5.41) is 133. The number of rotatable bonds is 9. The topological polar surface area (TPSA) is 328 Å². The van der Waals surface area contributed by atoms with E-state index < -0.39 is 143 Å². The van der Waals surface area contributed by atoms with Gasteiger partial charge in [0.1, 0.15) is 91.6 Å². The van der Waals surface area contributed by atoms with Crippen LogP contribution in [0.25, 0.3) is 0 Å². The van der Waals surface area contributed by atoms with Crippen LogP contribution in [0.5, 0.6) is 0 Å². The van der Waals surface area contributed by atoms with Crippen LogP contribution in [0.2, 0.25) is 0 Å². The van der Waals surface area contributed by atoms with Crippen molar-refractivity contribution in [2.75, 3.05) is 19.8 Å². The van der Waals surface area contributed by atoms with E-state index in [0.717, 1.165) is 0 Å². The number of aliphatic hydroxyl groups is 13. The van der Waals surface area contributed by atoms with Gasteiger partial charge < -0.3 is 99.5 Å². The highest BCUT2D eigenvalue weighted by atomic mass is 16.8. The first-order valence-corrected chi connectivity index (χ1v) is 14.0. The van der Waals surface area contributed by atoms with Crippen molar-refractivity contribution >= 4 is 0 Å².